The van der Waals surface area contributed by atoms with Gasteiger partial charge in [-0.3, -0.25) is 4.68 Å². The molecule has 0 atom stereocenters. The highest BCUT2D eigenvalue weighted by Crippen LogP contribution is 2.30. The van der Waals surface area contributed by atoms with Crippen molar-refractivity contribution in [2.45, 2.75) is 31.8 Å². The summed E-state index contributed by atoms with van der Waals surface area (Å²) in [6.45, 7) is 7.88. The largest absolute Gasteiger partial charge is 0.368 e. The number of benzene rings is 1. The first-order valence-corrected chi connectivity index (χ1v) is 12.8. The number of nitrogens with zero attached hydrogens (tertiary/aromatic N) is 7. The number of aromatic nitrogens is 4. The molecule has 184 valence electrons. The minimum atomic E-state index is 0.348. The van der Waals surface area contributed by atoms with E-state index in [1.54, 1.807) is 0 Å². The van der Waals surface area contributed by atoms with Gasteiger partial charge in [0.2, 0.25) is 5.95 Å². The molecule has 9 nitrogen and oxygen atoms in total. The molecule has 3 aliphatic heterocycles. The van der Waals surface area contributed by atoms with Crippen LogP contribution in [0.5, 0.6) is 0 Å². The third-order valence-electron chi connectivity index (χ3n) is 7.70. The summed E-state index contributed by atoms with van der Waals surface area (Å²) in [7, 11) is 2.16. The Morgan fingerprint density at radius 2 is 1.66 bits per heavy atom. The molecule has 2 saturated heterocycles. The van der Waals surface area contributed by atoms with Crippen LogP contribution in [-0.2, 0) is 13.0 Å². The number of piperidine rings is 1. The molecule has 35 heavy (non-hydrogen) atoms. The van der Waals surface area contributed by atoms with Crippen molar-refractivity contribution in [3.8, 4) is 11.1 Å². The SMILES string of the molecule is CN1CCN(c2cc(N3CCc4ccc(-c5cnn(C6CCNCC6)c5)cc4C3)nc(N)n2)CC1. The fourth-order valence-corrected chi connectivity index (χ4v) is 5.49. The Bertz CT molecular complexity index is 1180. The van der Waals surface area contributed by atoms with Crippen LogP contribution in [0, 0.1) is 0 Å². The van der Waals surface area contributed by atoms with E-state index >= 15 is 0 Å². The van der Waals surface area contributed by atoms with E-state index in [4.69, 9.17) is 10.8 Å². The average molecular weight is 474 g/mol. The van der Waals surface area contributed by atoms with E-state index in [1.807, 2.05) is 6.20 Å². The Hall–Kier alpha value is -3.17. The summed E-state index contributed by atoms with van der Waals surface area (Å²) < 4.78 is 2.16. The summed E-state index contributed by atoms with van der Waals surface area (Å²) >= 11 is 0. The van der Waals surface area contributed by atoms with Crippen LogP contribution in [0.2, 0.25) is 0 Å². The molecule has 3 aromatic rings. The van der Waals surface area contributed by atoms with Gasteiger partial charge >= 0.3 is 0 Å². The van der Waals surface area contributed by atoms with Gasteiger partial charge in [-0.05, 0) is 62.2 Å². The first kappa shape index (κ1) is 22.3. The molecule has 0 spiro atoms. The number of hydrogen-bond acceptors (Lipinski definition) is 8. The quantitative estimate of drug-likeness (QED) is 0.596. The second kappa shape index (κ2) is 9.47. The Morgan fingerprint density at radius 3 is 2.46 bits per heavy atom. The van der Waals surface area contributed by atoms with Gasteiger partial charge in [0, 0.05) is 57.1 Å². The molecule has 1 aromatic carbocycles. The standard InChI is InChI=1S/C26H35N9/c1-32-10-12-33(13-11-32)24-15-25(31-26(27)30-24)34-9-6-19-2-3-20(14-21(19)17-34)22-16-29-35(18-22)23-4-7-28-8-5-23/h2-3,14-16,18,23,28H,4-13,17H2,1H3,(H2,27,30,31). The van der Waals surface area contributed by atoms with Gasteiger partial charge in [0.05, 0.1) is 12.2 Å². The van der Waals surface area contributed by atoms with Crippen LogP contribution in [0.1, 0.15) is 30.0 Å². The Morgan fingerprint density at radius 1 is 0.886 bits per heavy atom. The van der Waals surface area contributed by atoms with E-state index in [0.717, 1.165) is 83.3 Å². The van der Waals surface area contributed by atoms with Gasteiger partial charge in [-0.2, -0.15) is 15.1 Å². The maximum atomic E-state index is 6.16. The van der Waals surface area contributed by atoms with E-state index in [9.17, 15) is 0 Å². The fraction of sp³-hybridized carbons (Fsp3) is 0.500. The molecular weight excluding hydrogens is 438 g/mol. The summed E-state index contributed by atoms with van der Waals surface area (Å²) in [5.74, 6) is 2.20. The van der Waals surface area contributed by atoms with Crippen molar-refractivity contribution < 1.29 is 0 Å². The van der Waals surface area contributed by atoms with Gasteiger partial charge in [-0.15, -0.1) is 0 Å². The van der Waals surface area contributed by atoms with Crippen molar-refractivity contribution >= 4 is 17.6 Å². The van der Waals surface area contributed by atoms with Crippen molar-refractivity contribution in [2.75, 3.05) is 68.4 Å². The lowest BCUT2D eigenvalue weighted by Gasteiger charge is -2.34. The minimum Gasteiger partial charge on any atom is -0.368 e. The average Bonchev–Trinajstić information content (AvgIpc) is 3.39. The predicted octanol–water partition coefficient (Wildman–Crippen LogP) is 2.16. The van der Waals surface area contributed by atoms with Crippen LogP contribution in [0.3, 0.4) is 0 Å². The maximum absolute atomic E-state index is 6.16. The van der Waals surface area contributed by atoms with Crippen molar-refractivity contribution in [3.05, 3.63) is 47.8 Å². The molecule has 0 radical (unpaired) electrons. The van der Waals surface area contributed by atoms with Crippen LogP contribution in [0.4, 0.5) is 17.6 Å². The van der Waals surface area contributed by atoms with Crippen molar-refractivity contribution in [1.29, 1.82) is 0 Å². The predicted molar refractivity (Wildman–Crippen MR) is 140 cm³/mol. The Balaban J connectivity index is 1.21. The first-order chi connectivity index (χ1) is 17.1. The van der Waals surface area contributed by atoms with E-state index in [2.05, 4.69) is 72.2 Å². The Kier molecular flexibility index (Phi) is 6.03. The van der Waals surface area contributed by atoms with E-state index in [1.165, 1.54) is 22.3 Å². The topological polar surface area (TPSA) is 91.4 Å². The van der Waals surface area contributed by atoms with Crippen molar-refractivity contribution in [2.24, 2.45) is 0 Å². The number of nitrogens with one attached hydrogen (secondary N) is 1. The fourth-order valence-electron chi connectivity index (χ4n) is 5.49. The molecule has 2 aromatic heterocycles. The van der Waals surface area contributed by atoms with Gasteiger partial charge < -0.3 is 25.8 Å². The number of piperazine rings is 1. The summed E-state index contributed by atoms with van der Waals surface area (Å²) in [5, 5.41) is 8.13. The highest BCUT2D eigenvalue weighted by atomic mass is 15.3. The zero-order valence-corrected chi connectivity index (χ0v) is 20.5. The number of rotatable bonds is 4. The van der Waals surface area contributed by atoms with Gasteiger partial charge in [-0.1, -0.05) is 12.1 Å². The maximum Gasteiger partial charge on any atom is 0.223 e. The number of anilines is 3. The van der Waals surface area contributed by atoms with Gasteiger partial charge in [0.1, 0.15) is 11.6 Å². The first-order valence-electron chi connectivity index (χ1n) is 12.8. The van der Waals surface area contributed by atoms with Crippen LogP contribution >= 0.6 is 0 Å². The molecule has 0 amide bonds. The normalized spacial score (nSPS) is 19.7. The number of fused-ring (bicyclic) bond motifs is 1. The Labute approximate surface area is 206 Å². The van der Waals surface area contributed by atoms with E-state index in [0.29, 0.717) is 12.0 Å². The molecule has 0 bridgehead atoms. The molecule has 9 heteroatoms. The van der Waals surface area contributed by atoms with Crippen LogP contribution in [0.25, 0.3) is 11.1 Å². The van der Waals surface area contributed by atoms with Gasteiger partial charge in [0.15, 0.2) is 0 Å². The summed E-state index contributed by atoms with van der Waals surface area (Å²) in [4.78, 5) is 16.2. The molecule has 0 unspecified atom stereocenters. The van der Waals surface area contributed by atoms with E-state index < -0.39 is 0 Å². The van der Waals surface area contributed by atoms with Gasteiger partial charge in [0.25, 0.3) is 0 Å². The van der Waals surface area contributed by atoms with Crippen molar-refractivity contribution in [1.82, 2.24) is 30.0 Å². The lowest BCUT2D eigenvalue weighted by Crippen LogP contribution is -2.45. The lowest BCUT2D eigenvalue weighted by atomic mass is 9.95. The third-order valence-corrected chi connectivity index (χ3v) is 7.70. The molecule has 5 heterocycles. The number of likely N-dealkylation sites (N-methyl/N-ethyl adjacent to an activating group) is 1. The number of nitrogen functional groups attached to an aromatic ring is 1. The lowest BCUT2D eigenvalue weighted by molar-refractivity contribution is 0.312. The monoisotopic (exact) mass is 473 g/mol. The van der Waals surface area contributed by atoms with Crippen LogP contribution < -0.4 is 20.9 Å². The summed E-state index contributed by atoms with van der Waals surface area (Å²) in [5.41, 5.74) is 11.3. The molecule has 0 aliphatic carbocycles. The van der Waals surface area contributed by atoms with E-state index in [-0.39, 0.29) is 0 Å². The number of nitrogens with two attached hydrogens (primary N) is 1. The zero-order chi connectivity index (χ0) is 23.8. The molecule has 2 fully saturated rings. The van der Waals surface area contributed by atoms with Gasteiger partial charge in [-0.25, -0.2) is 0 Å². The van der Waals surface area contributed by atoms with Crippen LogP contribution in [-0.4, -0.2) is 77.5 Å². The smallest absolute Gasteiger partial charge is 0.223 e. The molecule has 6 rings (SSSR count). The number of hydrogen-bond donors (Lipinski definition) is 2. The zero-order valence-electron chi connectivity index (χ0n) is 20.5. The summed E-state index contributed by atoms with van der Waals surface area (Å²) in [6, 6.07) is 9.47. The van der Waals surface area contributed by atoms with Crippen molar-refractivity contribution in [3.63, 3.8) is 0 Å². The van der Waals surface area contributed by atoms with Crippen LogP contribution in [0.15, 0.2) is 36.7 Å². The minimum absolute atomic E-state index is 0.348. The molecule has 3 aliphatic rings. The highest BCUT2D eigenvalue weighted by Gasteiger charge is 2.22. The second-order valence-electron chi connectivity index (χ2n) is 10.1. The second-order valence-corrected chi connectivity index (χ2v) is 10.1. The molecular formula is C26H35N9. The summed E-state index contributed by atoms with van der Waals surface area (Å²) in [6.07, 6.45) is 7.50. The molecule has 0 saturated carbocycles. The third kappa shape index (κ3) is 4.70. The highest BCUT2D eigenvalue weighted by molar-refractivity contribution is 5.64. The molecule has 3 N–H and O–H groups in total.